The first-order valence-electron chi connectivity index (χ1n) is 11.3. The maximum atomic E-state index is 15.1. The second-order valence-electron chi connectivity index (χ2n) is 8.42. The number of methoxy groups -OCH3 is 2. The van der Waals surface area contributed by atoms with Gasteiger partial charge in [-0.05, 0) is 30.3 Å². The first-order chi connectivity index (χ1) is 17.9. The van der Waals surface area contributed by atoms with Gasteiger partial charge in [0.15, 0.2) is 5.72 Å². The van der Waals surface area contributed by atoms with Gasteiger partial charge in [0, 0.05) is 35.0 Å². The van der Waals surface area contributed by atoms with Crippen LogP contribution < -0.4 is 10.1 Å². The number of nitrogens with one attached hydrogen (secondary N) is 1. The molecule has 0 amide bonds. The van der Waals surface area contributed by atoms with Gasteiger partial charge in [0.25, 0.3) is 0 Å². The normalized spacial score (nSPS) is 19.9. The number of rotatable bonds is 6. The Morgan fingerprint density at radius 2 is 2.05 bits per heavy atom. The summed E-state index contributed by atoms with van der Waals surface area (Å²) < 4.78 is 26.1. The fourth-order valence-electron chi connectivity index (χ4n) is 4.53. The Morgan fingerprint density at radius 3 is 2.81 bits per heavy atom. The van der Waals surface area contributed by atoms with Crippen LogP contribution in [0.4, 0.5) is 10.3 Å². The minimum Gasteiger partial charge on any atom is -0.496 e. The zero-order valence-electron chi connectivity index (χ0n) is 19.9. The predicted molar refractivity (Wildman–Crippen MR) is 138 cm³/mol. The molecule has 5 rings (SSSR count). The van der Waals surface area contributed by atoms with Crippen LogP contribution in [0.5, 0.6) is 5.75 Å². The van der Waals surface area contributed by atoms with Crippen LogP contribution in [0.3, 0.4) is 0 Å². The number of ether oxygens (including phenoxy) is 2. The first-order valence-corrected chi connectivity index (χ1v) is 11.7. The van der Waals surface area contributed by atoms with E-state index in [2.05, 4.69) is 10.3 Å². The third-order valence-electron chi connectivity index (χ3n) is 6.33. The molecule has 0 spiro atoms. The summed E-state index contributed by atoms with van der Waals surface area (Å²) in [6.07, 6.45) is 8.08. The predicted octanol–water partition coefficient (Wildman–Crippen LogP) is 4.88. The van der Waals surface area contributed by atoms with Crippen molar-refractivity contribution < 1.29 is 23.8 Å². The zero-order valence-corrected chi connectivity index (χ0v) is 20.7. The quantitative estimate of drug-likeness (QED) is 0.446. The first kappa shape index (κ1) is 24.6. The number of hydrogen-bond donors (Lipinski definition) is 2. The summed E-state index contributed by atoms with van der Waals surface area (Å²) in [5, 5.41) is 13.3. The van der Waals surface area contributed by atoms with Crippen molar-refractivity contribution >= 4 is 29.2 Å². The Labute approximate surface area is 217 Å². The summed E-state index contributed by atoms with van der Waals surface area (Å²) in [4.78, 5) is 25.8. The van der Waals surface area contributed by atoms with Crippen LogP contribution in [-0.4, -0.2) is 46.7 Å². The molecule has 3 aromatic rings. The molecule has 0 radical (unpaired) electrons. The summed E-state index contributed by atoms with van der Waals surface area (Å²) >= 11 is 6.35. The van der Waals surface area contributed by atoms with Gasteiger partial charge in [0.05, 0.1) is 30.6 Å². The van der Waals surface area contributed by atoms with Gasteiger partial charge < -0.3 is 19.9 Å². The Bertz CT molecular complexity index is 1490. The maximum Gasteiger partial charge on any atom is 0.315 e. The molecule has 37 heavy (non-hydrogen) atoms. The number of benzene rings is 2. The summed E-state index contributed by atoms with van der Waals surface area (Å²) in [6, 6.07) is 9.79. The van der Waals surface area contributed by atoms with Gasteiger partial charge in [-0.15, -0.1) is 0 Å². The van der Waals surface area contributed by atoms with E-state index >= 15 is 4.39 Å². The molecular weight excluding hydrogens is 499 g/mol. The van der Waals surface area contributed by atoms with Crippen LogP contribution in [0.15, 0.2) is 71.9 Å². The second-order valence-corrected chi connectivity index (χ2v) is 8.86. The van der Waals surface area contributed by atoms with Gasteiger partial charge >= 0.3 is 5.97 Å². The smallest absolute Gasteiger partial charge is 0.315 e. The summed E-state index contributed by atoms with van der Waals surface area (Å²) in [7, 11) is 2.88. The molecule has 10 heteroatoms. The van der Waals surface area contributed by atoms with E-state index in [-0.39, 0.29) is 18.1 Å². The maximum absolute atomic E-state index is 15.1. The minimum absolute atomic E-state index is 0.152. The topological polar surface area (TPSA) is 106 Å². The number of halogens is 2. The van der Waals surface area contributed by atoms with E-state index in [0.717, 1.165) is 0 Å². The minimum atomic E-state index is -1.40. The average molecular weight is 521 g/mol. The summed E-state index contributed by atoms with van der Waals surface area (Å²) in [5.41, 5.74) is 1.67. The fourth-order valence-corrected chi connectivity index (χ4v) is 4.70. The van der Waals surface area contributed by atoms with E-state index < -0.39 is 23.4 Å². The Balaban J connectivity index is 1.63. The lowest BCUT2D eigenvalue weighted by atomic mass is 9.91. The van der Waals surface area contributed by atoms with Crippen LogP contribution >= 0.6 is 11.6 Å². The van der Waals surface area contributed by atoms with E-state index in [1.165, 1.54) is 26.4 Å². The number of aliphatic carboxylic acids is 1. The molecule has 1 aliphatic heterocycles. The summed E-state index contributed by atoms with van der Waals surface area (Å²) in [6.45, 7) is 0.171. The monoisotopic (exact) mass is 520 g/mol. The molecule has 1 aliphatic carbocycles. The number of aliphatic imine (C=N–C) groups is 1. The van der Waals surface area contributed by atoms with Crippen molar-refractivity contribution in [3.8, 4) is 17.0 Å². The third kappa shape index (κ3) is 4.36. The van der Waals surface area contributed by atoms with Gasteiger partial charge in [0.2, 0.25) is 5.95 Å². The highest BCUT2D eigenvalue weighted by Gasteiger charge is 2.42. The lowest BCUT2D eigenvalue weighted by Crippen LogP contribution is -2.49. The van der Waals surface area contributed by atoms with Crippen LogP contribution in [0, 0.1) is 11.7 Å². The van der Waals surface area contributed by atoms with Crippen molar-refractivity contribution in [2.75, 3.05) is 19.5 Å². The van der Waals surface area contributed by atoms with E-state index in [9.17, 15) is 9.90 Å². The average Bonchev–Trinajstić information content (AvgIpc) is 3.05. The van der Waals surface area contributed by atoms with Crippen molar-refractivity contribution in [2.24, 2.45) is 10.9 Å². The van der Waals surface area contributed by atoms with Crippen molar-refractivity contribution in [3.05, 3.63) is 94.4 Å². The number of fused-ring (bicyclic) bond motifs is 3. The molecule has 2 atom stereocenters. The lowest BCUT2D eigenvalue weighted by Gasteiger charge is -2.35. The lowest BCUT2D eigenvalue weighted by molar-refractivity contribution is -0.146. The van der Waals surface area contributed by atoms with Crippen LogP contribution in [0.25, 0.3) is 11.3 Å². The van der Waals surface area contributed by atoms with Gasteiger partial charge in [-0.3, -0.25) is 9.79 Å². The van der Waals surface area contributed by atoms with Crippen molar-refractivity contribution in [1.82, 2.24) is 9.97 Å². The number of carboxylic acids is 1. The van der Waals surface area contributed by atoms with Crippen LogP contribution in [-0.2, 0) is 16.1 Å². The molecule has 0 fully saturated rings. The molecule has 2 N–H and O–H groups in total. The molecule has 2 unspecified atom stereocenters. The molecule has 188 valence electrons. The highest BCUT2D eigenvalue weighted by Crippen LogP contribution is 2.37. The van der Waals surface area contributed by atoms with Crippen molar-refractivity contribution in [2.45, 2.75) is 12.3 Å². The SMILES string of the molecule is COc1cccc(F)c1C1=NCc2cnc(NC3(OC)C=CC=CC3C(=O)O)nc2-c2ccc(Cl)cc21. The molecule has 1 aromatic heterocycles. The van der Waals surface area contributed by atoms with Crippen LogP contribution in [0.2, 0.25) is 5.02 Å². The number of aromatic nitrogens is 2. The molecule has 2 aliphatic rings. The molecule has 2 aromatic carbocycles. The van der Waals surface area contributed by atoms with Gasteiger partial charge in [-0.1, -0.05) is 42.0 Å². The van der Waals surface area contributed by atoms with Crippen LogP contribution in [0.1, 0.15) is 16.7 Å². The highest BCUT2D eigenvalue weighted by atomic mass is 35.5. The van der Waals surface area contributed by atoms with E-state index in [1.807, 2.05) is 0 Å². The van der Waals surface area contributed by atoms with E-state index in [1.54, 1.807) is 54.8 Å². The number of allylic oxidation sites excluding steroid dienone is 2. The number of anilines is 1. The molecule has 0 bridgehead atoms. The standard InChI is InChI=1S/C27H22ClFN4O4/c1-36-21-8-5-7-20(29)22(21)24-18-12-16(28)9-10-17(18)23-15(13-30-24)14-31-26(32-23)33-27(37-2)11-4-3-6-19(27)25(34)35/h3-12,14,19H,13H2,1-2H3,(H,34,35)(H,31,32,33). The Morgan fingerprint density at radius 1 is 1.22 bits per heavy atom. The van der Waals surface area contributed by atoms with E-state index in [0.29, 0.717) is 38.9 Å². The third-order valence-corrected chi connectivity index (χ3v) is 6.56. The van der Waals surface area contributed by atoms with Gasteiger partial charge in [0.1, 0.15) is 17.5 Å². The molecular formula is C27H22ClFN4O4. The van der Waals surface area contributed by atoms with Crippen molar-refractivity contribution in [1.29, 1.82) is 0 Å². The highest BCUT2D eigenvalue weighted by molar-refractivity contribution is 6.31. The number of carbonyl (C=O) groups is 1. The van der Waals surface area contributed by atoms with Crippen molar-refractivity contribution in [3.63, 3.8) is 0 Å². The van der Waals surface area contributed by atoms with Gasteiger partial charge in [-0.2, -0.15) is 0 Å². The second kappa shape index (κ2) is 9.76. The number of hydrogen-bond acceptors (Lipinski definition) is 7. The largest absolute Gasteiger partial charge is 0.496 e. The number of nitrogens with zero attached hydrogens (tertiary/aromatic N) is 3. The molecule has 0 saturated carbocycles. The molecule has 2 heterocycles. The van der Waals surface area contributed by atoms with Gasteiger partial charge in [-0.25, -0.2) is 14.4 Å². The Kier molecular flexibility index (Phi) is 6.49. The van der Waals surface area contributed by atoms with E-state index in [4.69, 9.17) is 31.1 Å². The zero-order chi connectivity index (χ0) is 26.2. The summed E-state index contributed by atoms with van der Waals surface area (Å²) in [5.74, 6) is -2.08. The molecule has 0 saturated heterocycles. The molecule has 8 nitrogen and oxygen atoms in total. The number of carboxylic acid groups (broad SMARTS) is 1. The fraction of sp³-hybridized carbons (Fsp3) is 0.185. The Hall–Kier alpha value is -4.08.